The van der Waals surface area contributed by atoms with Crippen molar-refractivity contribution in [3.63, 3.8) is 0 Å². The molecule has 0 radical (unpaired) electrons. The first-order chi connectivity index (χ1) is 20.8. The summed E-state index contributed by atoms with van der Waals surface area (Å²) in [7, 11) is 0. The zero-order chi connectivity index (χ0) is 27.6. The second-order valence-electron chi connectivity index (χ2n) is 10.4. The normalized spacial score (nSPS) is 11.8. The number of nitrogens with zero attached hydrogens (tertiary/aromatic N) is 3. The monoisotopic (exact) mass is 539 g/mol. The molecule has 9 rings (SSSR count). The number of hydrogen-bond acceptors (Lipinski definition) is 5. The summed E-state index contributed by atoms with van der Waals surface area (Å²) >= 11 is 0. The molecule has 0 saturated carbocycles. The van der Waals surface area contributed by atoms with Crippen LogP contribution >= 0.6 is 0 Å². The first kappa shape index (κ1) is 22.9. The summed E-state index contributed by atoms with van der Waals surface area (Å²) in [6.45, 7) is 0. The Morgan fingerprint density at radius 2 is 1.12 bits per heavy atom. The first-order valence-corrected chi connectivity index (χ1v) is 13.9. The Bertz CT molecular complexity index is 2460. The van der Waals surface area contributed by atoms with Gasteiger partial charge in [-0.25, -0.2) is 15.0 Å². The van der Waals surface area contributed by atoms with Crippen LogP contribution in [-0.4, -0.2) is 15.0 Å². The van der Waals surface area contributed by atoms with Crippen molar-refractivity contribution in [2.75, 3.05) is 0 Å². The van der Waals surface area contributed by atoms with Gasteiger partial charge in [0.25, 0.3) is 0 Å². The number of rotatable bonds is 3. The topological polar surface area (TPSA) is 65.0 Å². The maximum absolute atomic E-state index is 6.51. The number of benzene rings is 6. The van der Waals surface area contributed by atoms with Gasteiger partial charge >= 0.3 is 0 Å². The van der Waals surface area contributed by atoms with Crippen LogP contribution in [0.25, 0.3) is 88.8 Å². The Labute approximate surface area is 239 Å². The SMILES string of the molecule is c1ccc(-c2nc3c(ccc4oc5cc(-c6nc(-c7ccccc7)c7ccccc7n6)c6ccccc6c5c43)o2)cc1. The van der Waals surface area contributed by atoms with E-state index in [-0.39, 0.29) is 0 Å². The third-order valence-corrected chi connectivity index (χ3v) is 7.91. The summed E-state index contributed by atoms with van der Waals surface area (Å²) in [5.41, 5.74) is 7.74. The van der Waals surface area contributed by atoms with Crippen molar-refractivity contribution in [1.29, 1.82) is 0 Å². The van der Waals surface area contributed by atoms with Gasteiger partial charge in [-0.05, 0) is 47.2 Å². The molecule has 0 aliphatic carbocycles. The molecule has 0 aliphatic rings. The van der Waals surface area contributed by atoms with Gasteiger partial charge in [0.2, 0.25) is 5.89 Å². The van der Waals surface area contributed by atoms with Crippen LogP contribution < -0.4 is 0 Å². The van der Waals surface area contributed by atoms with Crippen molar-refractivity contribution in [1.82, 2.24) is 15.0 Å². The standard InChI is InChI=1S/C37H21N3O2/c1-3-11-22(12-4-1)34-26-17-9-10-18-28(26)38-36(39-34)27-21-31-32(25-16-8-7-15-24(25)27)33-29(41-31)19-20-30-35(33)40-37(42-30)23-13-5-2-6-14-23/h1-21H. The van der Waals surface area contributed by atoms with Crippen LogP contribution in [0.5, 0.6) is 0 Å². The number of oxazole rings is 1. The van der Waals surface area contributed by atoms with E-state index in [0.29, 0.717) is 11.7 Å². The number of aromatic nitrogens is 3. The van der Waals surface area contributed by atoms with E-state index in [1.165, 1.54) is 0 Å². The molecule has 6 aromatic carbocycles. The van der Waals surface area contributed by atoms with E-state index in [4.69, 9.17) is 23.8 Å². The van der Waals surface area contributed by atoms with Gasteiger partial charge < -0.3 is 8.83 Å². The lowest BCUT2D eigenvalue weighted by Crippen LogP contribution is -1.96. The molecule has 0 saturated heterocycles. The van der Waals surface area contributed by atoms with E-state index in [1.54, 1.807) is 0 Å². The molecule has 196 valence electrons. The fourth-order valence-corrected chi connectivity index (χ4v) is 6.01. The lowest BCUT2D eigenvalue weighted by Gasteiger charge is -2.11. The minimum Gasteiger partial charge on any atom is -0.456 e. The van der Waals surface area contributed by atoms with Crippen LogP contribution in [0.3, 0.4) is 0 Å². The molecule has 42 heavy (non-hydrogen) atoms. The van der Waals surface area contributed by atoms with Crippen molar-refractivity contribution < 1.29 is 8.83 Å². The number of hydrogen-bond donors (Lipinski definition) is 0. The van der Waals surface area contributed by atoms with E-state index in [1.807, 2.05) is 78.9 Å². The molecule has 0 bridgehead atoms. The van der Waals surface area contributed by atoms with Gasteiger partial charge in [-0.2, -0.15) is 0 Å². The van der Waals surface area contributed by atoms with Crippen LogP contribution in [0.15, 0.2) is 136 Å². The highest BCUT2D eigenvalue weighted by atomic mass is 16.4. The number of furan rings is 1. The summed E-state index contributed by atoms with van der Waals surface area (Å²) in [6.07, 6.45) is 0. The minimum absolute atomic E-state index is 0.589. The second-order valence-corrected chi connectivity index (χ2v) is 10.4. The summed E-state index contributed by atoms with van der Waals surface area (Å²) in [5, 5.41) is 5.07. The van der Waals surface area contributed by atoms with Crippen LogP contribution in [-0.2, 0) is 0 Å². The highest BCUT2D eigenvalue weighted by Crippen LogP contribution is 2.43. The molecule has 5 heteroatoms. The predicted molar refractivity (Wildman–Crippen MR) is 168 cm³/mol. The van der Waals surface area contributed by atoms with E-state index < -0.39 is 0 Å². The van der Waals surface area contributed by atoms with E-state index in [2.05, 4.69) is 48.5 Å². The van der Waals surface area contributed by atoms with Gasteiger partial charge in [0.1, 0.15) is 16.7 Å². The Balaban J connectivity index is 1.35. The molecule has 0 aliphatic heterocycles. The van der Waals surface area contributed by atoms with Crippen LogP contribution in [0.2, 0.25) is 0 Å². The van der Waals surface area contributed by atoms with E-state index in [0.717, 1.165) is 77.1 Å². The Morgan fingerprint density at radius 1 is 0.452 bits per heavy atom. The lowest BCUT2D eigenvalue weighted by atomic mass is 9.98. The molecule has 0 fully saturated rings. The molecular weight excluding hydrogens is 518 g/mol. The molecule has 0 atom stereocenters. The molecule has 5 nitrogen and oxygen atoms in total. The summed E-state index contributed by atoms with van der Waals surface area (Å²) in [4.78, 5) is 15.2. The largest absolute Gasteiger partial charge is 0.456 e. The van der Waals surface area contributed by atoms with Gasteiger partial charge in [-0.15, -0.1) is 0 Å². The Kier molecular flexibility index (Phi) is 4.83. The summed E-state index contributed by atoms with van der Waals surface area (Å²) < 4.78 is 12.7. The fraction of sp³-hybridized carbons (Fsp3) is 0. The quantitative estimate of drug-likeness (QED) is 0.224. The molecule has 3 heterocycles. The Morgan fingerprint density at radius 3 is 1.93 bits per heavy atom. The fourth-order valence-electron chi connectivity index (χ4n) is 6.01. The highest BCUT2D eigenvalue weighted by Gasteiger charge is 2.21. The smallest absolute Gasteiger partial charge is 0.227 e. The third-order valence-electron chi connectivity index (χ3n) is 7.91. The van der Waals surface area contributed by atoms with Gasteiger partial charge in [-0.1, -0.05) is 91.0 Å². The molecule has 3 aromatic heterocycles. The van der Waals surface area contributed by atoms with Crippen molar-refractivity contribution in [3.05, 3.63) is 127 Å². The number of fused-ring (bicyclic) bond motifs is 8. The number of para-hydroxylation sites is 1. The van der Waals surface area contributed by atoms with Gasteiger partial charge in [0.05, 0.1) is 16.6 Å². The molecule has 0 unspecified atom stereocenters. The van der Waals surface area contributed by atoms with Crippen molar-refractivity contribution in [3.8, 4) is 34.1 Å². The van der Waals surface area contributed by atoms with Crippen LogP contribution in [0.4, 0.5) is 0 Å². The van der Waals surface area contributed by atoms with E-state index in [9.17, 15) is 0 Å². The average Bonchev–Trinajstić information content (AvgIpc) is 3.66. The maximum Gasteiger partial charge on any atom is 0.227 e. The van der Waals surface area contributed by atoms with Crippen molar-refractivity contribution in [2.24, 2.45) is 0 Å². The average molecular weight is 540 g/mol. The summed E-state index contributed by atoms with van der Waals surface area (Å²) in [5.74, 6) is 1.25. The Hall–Kier alpha value is -5.81. The summed E-state index contributed by atoms with van der Waals surface area (Å²) in [6, 6.07) is 42.7. The van der Waals surface area contributed by atoms with E-state index >= 15 is 0 Å². The highest BCUT2D eigenvalue weighted by molar-refractivity contribution is 6.27. The van der Waals surface area contributed by atoms with Crippen LogP contribution in [0, 0.1) is 0 Å². The lowest BCUT2D eigenvalue weighted by molar-refractivity contribution is 0.619. The zero-order valence-corrected chi connectivity index (χ0v) is 22.3. The first-order valence-electron chi connectivity index (χ1n) is 13.9. The predicted octanol–water partition coefficient (Wildman–Crippen LogP) is 9.82. The molecule has 0 amide bonds. The van der Waals surface area contributed by atoms with Crippen molar-refractivity contribution >= 4 is 54.7 Å². The molecule has 9 aromatic rings. The zero-order valence-electron chi connectivity index (χ0n) is 22.3. The minimum atomic E-state index is 0.589. The van der Waals surface area contributed by atoms with Gasteiger partial charge in [0.15, 0.2) is 11.4 Å². The van der Waals surface area contributed by atoms with Gasteiger partial charge in [-0.3, -0.25) is 0 Å². The molecular formula is C37H21N3O2. The second kappa shape index (κ2) is 8.85. The molecule has 0 N–H and O–H groups in total. The molecule has 0 spiro atoms. The van der Waals surface area contributed by atoms with Crippen molar-refractivity contribution in [2.45, 2.75) is 0 Å². The van der Waals surface area contributed by atoms with Gasteiger partial charge in [0, 0.05) is 27.5 Å². The maximum atomic E-state index is 6.51. The van der Waals surface area contributed by atoms with Crippen LogP contribution in [0.1, 0.15) is 0 Å². The third kappa shape index (κ3) is 3.40.